The summed E-state index contributed by atoms with van der Waals surface area (Å²) in [5.41, 5.74) is -0.520. The van der Waals surface area contributed by atoms with Crippen molar-refractivity contribution in [2.45, 2.75) is 11.4 Å². The van der Waals surface area contributed by atoms with Gasteiger partial charge in [0.1, 0.15) is 17.1 Å². The van der Waals surface area contributed by atoms with Crippen LogP contribution in [0, 0.1) is 0 Å². The molecule has 0 atom stereocenters. The number of carbonyl (C=O) groups excluding carboxylic acids is 1. The lowest BCUT2D eigenvalue weighted by atomic mass is 10.1. The minimum Gasteiger partial charge on any atom is -0.506 e. The van der Waals surface area contributed by atoms with Crippen molar-refractivity contribution in [3.63, 3.8) is 0 Å². The van der Waals surface area contributed by atoms with Crippen molar-refractivity contribution in [1.29, 1.82) is 0 Å². The number of aryl methyl sites for hydroxylation is 1. The number of methoxy groups -OCH3 is 1. The Hall–Kier alpha value is -3.33. The number of aromatic hydroxyl groups is 1. The number of benzene rings is 2. The summed E-state index contributed by atoms with van der Waals surface area (Å²) in [5.74, 6) is -1.34. The SMILES string of the molecule is COc1cc2c3c(c1)c(O)c(C(=O)N(C)c1ccccc1)c(=O)n3CCS2(=O)=O. The van der Waals surface area contributed by atoms with Crippen LogP contribution in [-0.4, -0.2) is 43.9 Å². The van der Waals surface area contributed by atoms with Crippen molar-refractivity contribution in [2.75, 3.05) is 24.8 Å². The third kappa shape index (κ3) is 2.85. The Bertz CT molecular complexity index is 1310. The standard InChI is InChI=1S/C20H18N2O6S/c1-21(12-6-4-3-5-7-12)19(24)16-18(23)14-10-13(28-2)11-15-17(14)22(20(16)25)8-9-29(15,26)27/h3-7,10-11,23H,8-9H2,1-2H3. The van der Waals surface area contributed by atoms with Crippen LogP contribution in [-0.2, 0) is 16.4 Å². The van der Waals surface area contributed by atoms with Gasteiger partial charge in [-0.05, 0) is 18.2 Å². The zero-order valence-corrected chi connectivity index (χ0v) is 16.6. The molecular weight excluding hydrogens is 396 g/mol. The summed E-state index contributed by atoms with van der Waals surface area (Å²) >= 11 is 0. The van der Waals surface area contributed by atoms with E-state index in [0.29, 0.717) is 5.69 Å². The van der Waals surface area contributed by atoms with Gasteiger partial charge in [0.05, 0.1) is 23.3 Å². The van der Waals surface area contributed by atoms with Gasteiger partial charge in [-0.25, -0.2) is 8.42 Å². The second-order valence-electron chi connectivity index (χ2n) is 6.72. The zero-order chi connectivity index (χ0) is 20.9. The van der Waals surface area contributed by atoms with Gasteiger partial charge in [-0.15, -0.1) is 0 Å². The van der Waals surface area contributed by atoms with Crippen molar-refractivity contribution in [2.24, 2.45) is 0 Å². The van der Waals surface area contributed by atoms with Crippen LogP contribution >= 0.6 is 0 Å². The normalized spacial score (nSPS) is 14.6. The van der Waals surface area contributed by atoms with E-state index in [-0.39, 0.29) is 33.8 Å². The third-order valence-electron chi connectivity index (χ3n) is 5.09. The van der Waals surface area contributed by atoms with Crippen LogP contribution in [0.3, 0.4) is 0 Å². The first kappa shape index (κ1) is 19.0. The fraction of sp³-hybridized carbons (Fsp3) is 0.200. The van der Waals surface area contributed by atoms with E-state index in [1.807, 2.05) is 0 Å². The number of sulfone groups is 1. The number of carbonyl (C=O) groups is 1. The quantitative estimate of drug-likeness (QED) is 0.700. The molecule has 0 aliphatic carbocycles. The average molecular weight is 414 g/mol. The molecule has 0 fully saturated rings. The minimum absolute atomic E-state index is 0.0760. The lowest BCUT2D eigenvalue weighted by Crippen LogP contribution is -2.37. The maximum absolute atomic E-state index is 13.1. The molecular formula is C20H18N2O6S. The maximum atomic E-state index is 13.1. The number of ether oxygens (including phenoxy) is 1. The molecule has 1 aliphatic heterocycles. The molecule has 2 aromatic carbocycles. The number of hydrogen-bond acceptors (Lipinski definition) is 6. The van der Waals surface area contributed by atoms with Gasteiger partial charge in [0.15, 0.2) is 9.84 Å². The summed E-state index contributed by atoms with van der Waals surface area (Å²) in [7, 11) is -0.788. The van der Waals surface area contributed by atoms with Crippen LogP contribution in [0.1, 0.15) is 10.4 Å². The molecule has 0 unspecified atom stereocenters. The number of rotatable bonds is 3. The summed E-state index contributed by atoms with van der Waals surface area (Å²) < 4.78 is 31.5. The average Bonchev–Trinajstić information content (AvgIpc) is 2.72. The fourth-order valence-corrected chi connectivity index (χ4v) is 4.99. The lowest BCUT2D eigenvalue weighted by molar-refractivity contribution is 0.0988. The van der Waals surface area contributed by atoms with Gasteiger partial charge in [-0.1, -0.05) is 18.2 Å². The van der Waals surface area contributed by atoms with Gasteiger partial charge in [-0.2, -0.15) is 0 Å². The molecule has 29 heavy (non-hydrogen) atoms. The molecule has 0 radical (unpaired) electrons. The summed E-state index contributed by atoms with van der Waals surface area (Å²) in [6, 6.07) is 11.4. The highest BCUT2D eigenvalue weighted by Crippen LogP contribution is 2.37. The molecule has 150 valence electrons. The van der Waals surface area contributed by atoms with Crippen LogP contribution in [0.25, 0.3) is 10.9 Å². The smallest absolute Gasteiger partial charge is 0.267 e. The number of pyridine rings is 1. The van der Waals surface area contributed by atoms with Gasteiger partial charge >= 0.3 is 0 Å². The highest BCUT2D eigenvalue weighted by atomic mass is 32.2. The van der Waals surface area contributed by atoms with Crippen LogP contribution in [0.2, 0.25) is 0 Å². The van der Waals surface area contributed by atoms with E-state index in [2.05, 4.69) is 0 Å². The Balaban J connectivity index is 2.03. The summed E-state index contributed by atoms with van der Waals surface area (Å²) in [6.45, 7) is -0.105. The van der Waals surface area contributed by atoms with Crippen LogP contribution in [0.4, 0.5) is 5.69 Å². The molecule has 0 spiro atoms. The van der Waals surface area contributed by atoms with Crippen molar-refractivity contribution >= 4 is 32.3 Å². The second-order valence-corrected chi connectivity index (χ2v) is 8.80. The highest BCUT2D eigenvalue weighted by molar-refractivity contribution is 7.91. The second kappa shape index (κ2) is 6.63. The molecule has 1 amide bonds. The predicted molar refractivity (Wildman–Crippen MR) is 108 cm³/mol. The Morgan fingerprint density at radius 2 is 1.90 bits per heavy atom. The topological polar surface area (TPSA) is 106 Å². The van der Waals surface area contributed by atoms with Crippen LogP contribution in [0.5, 0.6) is 11.5 Å². The molecule has 8 nitrogen and oxygen atoms in total. The Morgan fingerprint density at radius 1 is 1.21 bits per heavy atom. The Labute approximate surface area is 166 Å². The predicted octanol–water partition coefficient (Wildman–Crippen LogP) is 1.78. The molecule has 1 N–H and O–H groups in total. The summed E-state index contributed by atoms with van der Waals surface area (Å²) in [6.07, 6.45) is 0. The largest absolute Gasteiger partial charge is 0.506 e. The van der Waals surface area contributed by atoms with Crippen LogP contribution < -0.4 is 15.2 Å². The van der Waals surface area contributed by atoms with E-state index < -0.39 is 32.6 Å². The van der Waals surface area contributed by atoms with E-state index in [9.17, 15) is 23.1 Å². The third-order valence-corrected chi connectivity index (χ3v) is 6.79. The monoisotopic (exact) mass is 414 g/mol. The molecule has 1 aliphatic rings. The first-order chi connectivity index (χ1) is 13.8. The lowest BCUT2D eigenvalue weighted by Gasteiger charge is -2.24. The molecule has 2 heterocycles. The minimum atomic E-state index is -3.65. The van der Waals surface area contributed by atoms with E-state index in [1.165, 1.54) is 35.8 Å². The number of nitrogens with zero attached hydrogens (tertiary/aromatic N) is 2. The number of anilines is 1. The van der Waals surface area contributed by atoms with E-state index in [4.69, 9.17) is 4.74 Å². The van der Waals surface area contributed by atoms with Crippen LogP contribution in [0.15, 0.2) is 52.2 Å². The Kier molecular flexibility index (Phi) is 4.34. The van der Waals surface area contributed by atoms with Gasteiger partial charge in [0.25, 0.3) is 11.5 Å². The van der Waals surface area contributed by atoms with Gasteiger partial charge < -0.3 is 19.3 Å². The number of amides is 1. The van der Waals surface area contributed by atoms with Gasteiger partial charge in [0, 0.05) is 30.7 Å². The van der Waals surface area contributed by atoms with E-state index >= 15 is 0 Å². The van der Waals surface area contributed by atoms with Crippen molar-refractivity contribution < 1.29 is 23.1 Å². The molecule has 1 aromatic heterocycles. The molecule has 0 saturated heterocycles. The number of hydrogen-bond donors (Lipinski definition) is 1. The molecule has 0 saturated carbocycles. The van der Waals surface area contributed by atoms with Gasteiger partial charge in [0.2, 0.25) is 0 Å². The zero-order valence-electron chi connectivity index (χ0n) is 15.7. The van der Waals surface area contributed by atoms with Crippen molar-refractivity contribution in [1.82, 2.24) is 4.57 Å². The molecule has 4 rings (SSSR count). The van der Waals surface area contributed by atoms with E-state index in [0.717, 1.165) is 0 Å². The first-order valence-corrected chi connectivity index (χ1v) is 10.4. The molecule has 0 bridgehead atoms. The number of para-hydroxylation sites is 1. The van der Waals surface area contributed by atoms with E-state index in [1.54, 1.807) is 30.3 Å². The Morgan fingerprint density at radius 3 is 2.55 bits per heavy atom. The molecule has 9 heteroatoms. The fourth-order valence-electron chi connectivity index (χ4n) is 3.53. The van der Waals surface area contributed by atoms with Gasteiger partial charge in [-0.3, -0.25) is 9.59 Å². The molecule has 3 aromatic rings. The first-order valence-electron chi connectivity index (χ1n) is 8.79. The van der Waals surface area contributed by atoms with Crippen molar-refractivity contribution in [3.05, 3.63) is 58.4 Å². The highest BCUT2D eigenvalue weighted by Gasteiger charge is 2.32. The summed E-state index contributed by atoms with van der Waals surface area (Å²) in [5, 5.41) is 10.9. The maximum Gasteiger partial charge on any atom is 0.267 e. The van der Waals surface area contributed by atoms with Crippen molar-refractivity contribution in [3.8, 4) is 11.5 Å². The number of aromatic nitrogens is 1. The summed E-state index contributed by atoms with van der Waals surface area (Å²) in [4.78, 5) is 27.3.